The molecule has 6 nitrogen and oxygen atoms in total. The van der Waals surface area contributed by atoms with E-state index >= 15 is 0 Å². The van der Waals surface area contributed by atoms with Gasteiger partial charge in [-0.1, -0.05) is 6.42 Å². The summed E-state index contributed by atoms with van der Waals surface area (Å²) in [4.78, 5) is 11.5. The van der Waals surface area contributed by atoms with Gasteiger partial charge >= 0.3 is 6.18 Å². The van der Waals surface area contributed by atoms with Crippen molar-refractivity contribution in [2.24, 2.45) is 0 Å². The van der Waals surface area contributed by atoms with Crippen molar-refractivity contribution in [3.63, 3.8) is 0 Å². The Kier molecular flexibility index (Phi) is 3.94. The topological polar surface area (TPSA) is 60.9 Å². The molecule has 0 aromatic carbocycles. The predicted octanol–water partition coefficient (Wildman–Crippen LogP) is 4.18. The maximum Gasteiger partial charge on any atom is 0.435 e. The molecule has 0 unspecified atom stereocenters. The van der Waals surface area contributed by atoms with Gasteiger partial charge in [-0.3, -0.25) is 4.68 Å². The van der Waals surface area contributed by atoms with Crippen LogP contribution >= 0.6 is 11.3 Å². The van der Waals surface area contributed by atoms with E-state index in [1.165, 1.54) is 28.0 Å². The summed E-state index contributed by atoms with van der Waals surface area (Å²) in [6.07, 6.45) is 2.79. The molecule has 1 aliphatic rings. The van der Waals surface area contributed by atoms with Gasteiger partial charge in [0, 0.05) is 10.6 Å². The SMILES string of the molecule is Cc1cc(C(F)(F)F)nn1Cc1nc2c3c4c(sc3ncn2n1)CCCCC4. The molecule has 10 heteroatoms. The van der Waals surface area contributed by atoms with Gasteiger partial charge in [0.15, 0.2) is 17.2 Å². The summed E-state index contributed by atoms with van der Waals surface area (Å²) in [5.74, 6) is 0.419. The molecule has 0 bridgehead atoms. The molecule has 4 heterocycles. The van der Waals surface area contributed by atoms with Crippen LogP contribution < -0.4 is 0 Å². The number of nitrogens with zero attached hydrogens (tertiary/aromatic N) is 6. The van der Waals surface area contributed by atoms with Crippen LogP contribution in [0.25, 0.3) is 15.9 Å². The summed E-state index contributed by atoms with van der Waals surface area (Å²) < 4.78 is 41.6. The van der Waals surface area contributed by atoms with Crippen molar-refractivity contribution in [1.29, 1.82) is 0 Å². The monoisotopic (exact) mass is 406 g/mol. The number of thiophene rings is 1. The van der Waals surface area contributed by atoms with Crippen LogP contribution in [0.4, 0.5) is 13.2 Å². The van der Waals surface area contributed by atoms with Crippen LogP contribution in [0.5, 0.6) is 0 Å². The molecule has 4 aromatic heterocycles. The fraction of sp³-hybridized carbons (Fsp3) is 0.444. The van der Waals surface area contributed by atoms with Gasteiger partial charge in [0.2, 0.25) is 0 Å². The zero-order valence-electron chi connectivity index (χ0n) is 15.1. The molecule has 0 atom stereocenters. The molecule has 4 aromatic rings. The number of rotatable bonds is 2. The van der Waals surface area contributed by atoms with Gasteiger partial charge in [-0.05, 0) is 44.2 Å². The van der Waals surface area contributed by atoms with Gasteiger partial charge in [0.05, 0.1) is 5.39 Å². The highest BCUT2D eigenvalue weighted by Gasteiger charge is 2.34. The summed E-state index contributed by atoms with van der Waals surface area (Å²) in [7, 11) is 0. The van der Waals surface area contributed by atoms with Gasteiger partial charge in [-0.15, -0.1) is 16.4 Å². The molecule has 5 rings (SSSR count). The van der Waals surface area contributed by atoms with Crippen molar-refractivity contribution in [2.45, 2.75) is 51.7 Å². The molecule has 0 saturated heterocycles. The van der Waals surface area contributed by atoms with Crippen LogP contribution in [0.2, 0.25) is 0 Å². The minimum absolute atomic E-state index is 0.0808. The predicted molar refractivity (Wildman–Crippen MR) is 98.5 cm³/mol. The van der Waals surface area contributed by atoms with Crippen LogP contribution in [0.1, 0.15) is 46.9 Å². The highest BCUT2D eigenvalue weighted by atomic mass is 32.1. The first-order valence-corrected chi connectivity index (χ1v) is 9.98. The Morgan fingerprint density at radius 1 is 1.14 bits per heavy atom. The third-order valence-electron chi connectivity index (χ3n) is 5.15. The van der Waals surface area contributed by atoms with Crippen LogP contribution in [0.15, 0.2) is 12.4 Å². The average molecular weight is 406 g/mol. The standard InChI is InChI=1S/C18H17F3N6S/c1-10-7-13(18(19,20)21)24-26(10)8-14-23-16-15-11-5-3-2-4-6-12(11)28-17(15)22-9-27(16)25-14/h7,9H,2-6,8H2,1H3. The summed E-state index contributed by atoms with van der Waals surface area (Å²) in [6, 6.07) is 1.04. The third-order valence-corrected chi connectivity index (χ3v) is 6.35. The largest absolute Gasteiger partial charge is 0.435 e. The normalized spacial score (nSPS) is 15.3. The molecule has 28 heavy (non-hydrogen) atoms. The van der Waals surface area contributed by atoms with E-state index < -0.39 is 11.9 Å². The summed E-state index contributed by atoms with van der Waals surface area (Å²) >= 11 is 1.71. The third kappa shape index (κ3) is 2.86. The lowest BCUT2D eigenvalue weighted by Crippen LogP contribution is -2.09. The lowest BCUT2D eigenvalue weighted by molar-refractivity contribution is -0.141. The zero-order chi connectivity index (χ0) is 19.5. The van der Waals surface area contributed by atoms with E-state index in [-0.39, 0.29) is 6.54 Å². The zero-order valence-corrected chi connectivity index (χ0v) is 15.9. The van der Waals surface area contributed by atoms with Crippen molar-refractivity contribution in [3.05, 3.63) is 40.0 Å². The molecule has 0 N–H and O–H groups in total. The second-order valence-corrected chi connectivity index (χ2v) is 8.20. The van der Waals surface area contributed by atoms with Gasteiger partial charge < -0.3 is 0 Å². The van der Waals surface area contributed by atoms with E-state index in [2.05, 4.69) is 20.2 Å². The molecule has 0 radical (unpaired) electrons. The molecular formula is C18H17F3N6S. The van der Waals surface area contributed by atoms with E-state index in [1.807, 2.05) is 0 Å². The smallest absolute Gasteiger partial charge is 0.262 e. The average Bonchev–Trinajstić information content (AvgIpc) is 3.25. The fourth-order valence-electron chi connectivity index (χ4n) is 3.79. The number of aryl methyl sites for hydroxylation is 3. The maximum absolute atomic E-state index is 12.9. The van der Waals surface area contributed by atoms with Gasteiger partial charge in [-0.2, -0.15) is 18.3 Å². The summed E-state index contributed by atoms with van der Waals surface area (Å²) in [5, 5.41) is 9.14. The fourth-order valence-corrected chi connectivity index (χ4v) is 5.01. The van der Waals surface area contributed by atoms with Crippen LogP contribution in [0, 0.1) is 6.92 Å². The minimum atomic E-state index is -4.47. The van der Waals surface area contributed by atoms with Gasteiger partial charge in [-0.25, -0.2) is 14.5 Å². The number of hydrogen-bond acceptors (Lipinski definition) is 5. The number of halogens is 3. The quantitative estimate of drug-likeness (QED) is 0.469. The lowest BCUT2D eigenvalue weighted by Gasteiger charge is -2.01. The molecule has 0 spiro atoms. The maximum atomic E-state index is 12.9. The van der Waals surface area contributed by atoms with Crippen molar-refractivity contribution < 1.29 is 13.2 Å². The van der Waals surface area contributed by atoms with Crippen LogP contribution in [-0.2, 0) is 25.6 Å². The molecule has 0 saturated carbocycles. The Morgan fingerprint density at radius 2 is 1.96 bits per heavy atom. The molecule has 0 aliphatic heterocycles. The summed E-state index contributed by atoms with van der Waals surface area (Å²) in [6.45, 7) is 1.67. The molecular weight excluding hydrogens is 389 g/mol. The van der Waals surface area contributed by atoms with E-state index in [9.17, 15) is 13.2 Å². The second-order valence-electron chi connectivity index (χ2n) is 7.11. The van der Waals surface area contributed by atoms with Crippen molar-refractivity contribution in [3.8, 4) is 0 Å². The molecule has 0 fully saturated rings. The highest BCUT2D eigenvalue weighted by Crippen LogP contribution is 2.36. The van der Waals surface area contributed by atoms with E-state index in [0.717, 1.165) is 41.2 Å². The van der Waals surface area contributed by atoms with Crippen LogP contribution in [-0.4, -0.2) is 29.4 Å². The van der Waals surface area contributed by atoms with Gasteiger partial charge in [0.1, 0.15) is 17.7 Å². The first-order valence-electron chi connectivity index (χ1n) is 9.16. The number of alkyl halides is 3. The minimum Gasteiger partial charge on any atom is -0.262 e. The number of aromatic nitrogens is 6. The Labute approximate surface area is 162 Å². The highest BCUT2D eigenvalue weighted by molar-refractivity contribution is 7.19. The van der Waals surface area contributed by atoms with Crippen molar-refractivity contribution in [1.82, 2.24) is 29.4 Å². The van der Waals surface area contributed by atoms with E-state index in [0.29, 0.717) is 11.5 Å². The summed E-state index contributed by atoms with van der Waals surface area (Å²) in [5.41, 5.74) is 1.55. The Balaban J connectivity index is 1.58. The van der Waals surface area contributed by atoms with E-state index in [1.54, 1.807) is 29.1 Å². The molecule has 0 amide bonds. The van der Waals surface area contributed by atoms with Gasteiger partial charge in [0.25, 0.3) is 0 Å². The first-order chi connectivity index (χ1) is 13.4. The molecule has 146 valence electrons. The Morgan fingerprint density at radius 3 is 2.75 bits per heavy atom. The molecule has 1 aliphatic carbocycles. The number of fused-ring (bicyclic) bond motifs is 5. The van der Waals surface area contributed by atoms with Crippen LogP contribution in [0.3, 0.4) is 0 Å². The van der Waals surface area contributed by atoms with E-state index in [4.69, 9.17) is 0 Å². The van der Waals surface area contributed by atoms with Crippen molar-refractivity contribution >= 4 is 27.2 Å². The Hall–Kier alpha value is -2.49. The first kappa shape index (κ1) is 17.6. The lowest BCUT2D eigenvalue weighted by atomic mass is 10.1. The second kappa shape index (κ2) is 6.26. The number of hydrogen-bond donors (Lipinski definition) is 0. The van der Waals surface area contributed by atoms with Crippen molar-refractivity contribution in [2.75, 3.05) is 0 Å². The Bertz CT molecular complexity index is 1190.